The Hall–Kier alpha value is -11.7. The number of rotatable bonds is 9. The van der Waals surface area contributed by atoms with E-state index in [1.54, 1.807) is 18.2 Å². The van der Waals surface area contributed by atoms with E-state index in [2.05, 4.69) is 377 Å². The van der Waals surface area contributed by atoms with Crippen LogP contribution >= 0.6 is 79.6 Å². The fraction of sp³-hybridized carbons (Fsp3) is 0. The van der Waals surface area contributed by atoms with E-state index in [1.165, 1.54) is 142 Å². The molecule has 21 rings (SSSR count). The lowest BCUT2D eigenvalue weighted by molar-refractivity contribution is 0.425. The van der Waals surface area contributed by atoms with Gasteiger partial charge in [0.15, 0.2) is 0 Å². The summed E-state index contributed by atoms with van der Waals surface area (Å²) in [6, 6.07) is 147. The van der Waals surface area contributed by atoms with E-state index in [1.807, 2.05) is 103 Å². The van der Waals surface area contributed by atoms with Gasteiger partial charge in [0.25, 0.3) is 0 Å². The monoisotopic (exact) mass is 1850 g/mol. The lowest BCUT2D eigenvalue weighted by Gasteiger charge is -2.20. The molecule has 0 aliphatic rings. The van der Waals surface area contributed by atoms with Gasteiger partial charge in [0, 0.05) is 22.4 Å². The van der Waals surface area contributed by atoms with Gasteiger partial charge in [-0.05, 0) is 234 Å². The van der Waals surface area contributed by atoms with Crippen LogP contribution in [0.25, 0.3) is 175 Å². The van der Waals surface area contributed by atoms with Crippen molar-refractivity contribution in [1.29, 1.82) is 0 Å². The quantitative estimate of drug-likeness (QED) is 0.0858. The summed E-state index contributed by atoms with van der Waals surface area (Å²) in [5, 5.41) is 58.7. The molecule has 570 valence electrons. The second-order valence-electron chi connectivity index (χ2n) is 29.0. The Morgan fingerprint density at radius 3 is 0.765 bits per heavy atom. The molecule has 0 unspecified atom stereocenters. The largest absolute Gasteiger partial charge is 0.489 e. The van der Waals surface area contributed by atoms with Crippen LogP contribution in [0.2, 0.25) is 0 Å². The number of benzene rings is 21. The maximum absolute atomic E-state index is 9.94. The first kappa shape index (κ1) is 79.8. The molecule has 0 radical (unpaired) electrons. The summed E-state index contributed by atoms with van der Waals surface area (Å²) in [4.78, 5) is 0. The van der Waals surface area contributed by atoms with Crippen LogP contribution in [-0.2, 0) is 0 Å². The minimum Gasteiger partial charge on any atom is -0.423 e. The molecule has 0 amide bonds. The van der Waals surface area contributed by atoms with Gasteiger partial charge in [-0.3, -0.25) is 0 Å². The Balaban J connectivity index is 0.000000130. The minimum atomic E-state index is -1.50. The first-order valence-electron chi connectivity index (χ1n) is 39.2. The van der Waals surface area contributed by atoms with Gasteiger partial charge in [-0.15, -0.1) is 0 Å². The van der Waals surface area contributed by atoms with Crippen molar-refractivity contribution in [2.75, 3.05) is 0 Å². The van der Waals surface area contributed by atoms with Gasteiger partial charge in [-0.2, -0.15) is 0 Å². The van der Waals surface area contributed by atoms with Gasteiger partial charge in [0.05, 0.1) is 0 Å². The maximum Gasteiger partial charge on any atom is 0.489 e. The molecule has 119 heavy (non-hydrogen) atoms. The van der Waals surface area contributed by atoms with Crippen LogP contribution in [0.15, 0.2) is 441 Å². The lowest BCUT2D eigenvalue weighted by Crippen LogP contribution is -2.31. The number of hydrogen-bond donors (Lipinski definition) is 4. The second kappa shape index (κ2) is 36.3. The van der Waals surface area contributed by atoms with Crippen LogP contribution in [-0.4, -0.2) is 34.3 Å². The van der Waals surface area contributed by atoms with Crippen LogP contribution in [0.1, 0.15) is 0 Å². The topological polar surface area (TPSA) is 80.9 Å². The summed E-state index contributed by atoms with van der Waals surface area (Å²) < 4.78 is 5.37. The van der Waals surface area contributed by atoms with Crippen molar-refractivity contribution >= 4 is 202 Å². The van der Waals surface area contributed by atoms with Crippen molar-refractivity contribution < 1.29 is 20.1 Å². The van der Waals surface area contributed by atoms with Gasteiger partial charge >= 0.3 is 14.2 Å². The van der Waals surface area contributed by atoms with Crippen LogP contribution in [0, 0.1) is 0 Å². The number of fused-ring (bicyclic) bond motifs is 9. The molecule has 21 aromatic carbocycles. The van der Waals surface area contributed by atoms with Gasteiger partial charge < -0.3 is 20.1 Å². The summed E-state index contributed by atoms with van der Waals surface area (Å²) in [6.45, 7) is 0. The molecular formula is C108H73B2Br5O4. The average molecular weight is 1860 g/mol. The third-order valence-corrected chi connectivity index (χ3v) is 25.0. The molecular weight excluding hydrogens is 1780 g/mol. The summed E-state index contributed by atoms with van der Waals surface area (Å²) in [6.07, 6.45) is 0. The molecule has 0 aromatic heterocycles. The van der Waals surface area contributed by atoms with E-state index in [0.717, 1.165) is 55.0 Å². The van der Waals surface area contributed by atoms with Crippen LogP contribution in [0.4, 0.5) is 0 Å². The first-order chi connectivity index (χ1) is 58.3. The van der Waals surface area contributed by atoms with E-state index in [0.29, 0.717) is 10.9 Å². The van der Waals surface area contributed by atoms with Crippen molar-refractivity contribution in [3.8, 4) is 77.9 Å². The smallest absolute Gasteiger partial charge is 0.423 e. The minimum absolute atomic E-state index is 0.495. The van der Waals surface area contributed by atoms with Crippen LogP contribution in [0.3, 0.4) is 0 Å². The molecule has 0 aliphatic heterocycles. The Bertz CT molecular complexity index is 7120. The summed E-state index contributed by atoms with van der Waals surface area (Å²) in [5.74, 6) is 0. The Morgan fingerprint density at radius 2 is 0.403 bits per heavy atom. The van der Waals surface area contributed by atoms with E-state index in [4.69, 9.17) is 10.0 Å². The molecule has 0 saturated carbocycles. The normalized spacial score (nSPS) is 11.1. The molecule has 21 aromatic rings. The SMILES string of the molecule is Brc1ccc(Br)c2ccccc12.Brc1cccc(-c2ccc(Br)c3ccccc23)c1.OB(O)c1c2ccccc2c(-c2ccccc2)c2ccccc12.OB(O)c1cccc(Br)c1.c1ccc(-c2c3ccccc3c(-c3cccc(-c4ccc(-c5c6ccccc6c(-c6ccccc6)c6ccccc56)c5ccccc45)c3)c3ccccc23)cc1. The van der Waals surface area contributed by atoms with Gasteiger partial charge in [0.2, 0.25) is 0 Å². The molecule has 4 nitrogen and oxygen atoms in total. The third kappa shape index (κ3) is 16.6. The highest BCUT2D eigenvalue weighted by Crippen LogP contribution is 2.49. The van der Waals surface area contributed by atoms with Gasteiger partial charge in [-0.25, -0.2) is 0 Å². The highest BCUT2D eigenvalue weighted by molar-refractivity contribution is 9.11. The Morgan fingerprint density at radius 1 is 0.160 bits per heavy atom. The second-order valence-corrected chi connectivity index (χ2v) is 33.4. The first-order valence-corrected chi connectivity index (χ1v) is 43.1. The van der Waals surface area contributed by atoms with Crippen molar-refractivity contribution in [2.45, 2.75) is 0 Å². The predicted molar refractivity (Wildman–Crippen MR) is 526 cm³/mol. The van der Waals surface area contributed by atoms with Crippen molar-refractivity contribution in [2.24, 2.45) is 0 Å². The van der Waals surface area contributed by atoms with Crippen LogP contribution < -0.4 is 10.9 Å². The average Bonchev–Trinajstić information content (AvgIpc) is 0.730. The molecule has 4 N–H and O–H groups in total. The van der Waals surface area contributed by atoms with E-state index < -0.39 is 14.2 Å². The molecule has 0 bridgehead atoms. The molecule has 0 heterocycles. The fourth-order valence-corrected chi connectivity index (χ4v) is 19.0. The lowest BCUT2D eigenvalue weighted by atomic mass is 9.72. The zero-order valence-corrected chi connectivity index (χ0v) is 72.1. The summed E-state index contributed by atoms with van der Waals surface area (Å²) in [7, 11) is -2.88. The van der Waals surface area contributed by atoms with Crippen molar-refractivity contribution in [3.05, 3.63) is 441 Å². The number of halogens is 5. The van der Waals surface area contributed by atoms with Crippen LogP contribution in [0.5, 0.6) is 0 Å². The third-order valence-electron chi connectivity index (χ3n) is 21.9. The zero-order valence-electron chi connectivity index (χ0n) is 64.2. The molecule has 0 saturated heterocycles. The molecule has 0 aliphatic carbocycles. The zero-order chi connectivity index (χ0) is 81.5. The fourth-order valence-electron chi connectivity index (χ4n) is 16.7. The van der Waals surface area contributed by atoms with Gasteiger partial charge in [-0.1, -0.05) is 450 Å². The van der Waals surface area contributed by atoms with E-state index in [-0.39, 0.29) is 0 Å². The Kier molecular flexibility index (Phi) is 24.3. The van der Waals surface area contributed by atoms with E-state index >= 15 is 0 Å². The standard InChI is InChI=1S/C56H36.C20H15BO2.C16H10Br2.C10H6Br2.C6H6BBrO2/c1-3-18-37(19-4-1)53-44-26-9-11-28-46(44)55(47-29-12-10-27-45(47)53)40-23-17-22-39(36-40)41-34-35-52(43-25-8-7-24-42(41)43)56-50-32-15-13-30-48(50)54(38-20-5-2-6-21-38)49-31-14-16-33-51(49)56;22-21(23)20-17-12-6-4-10-15(17)19(14-8-2-1-3-9-14)16-11-5-7-13-18(16)20;17-12-5-3-4-11(10-12)13-8-9-16(18)15-7-2-1-6-14(13)15;11-9-5-6-10(12)8-4-2-1-3-7(8)9;8-6-3-1-2-5(4-6)7(9)10/h1-36H;1-13,22-23H;1-10H;1-6H;1-4,9-10H. The molecule has 0 spiro atoms. The molecule has 0 fully saturated rings. The highest BCUT2D eigenvalue weighted by Gasteiger charge is 2.24. The van der Waals surface area contributed by atoms with Crippen molar-refractivity contribution in [3.63, 3.8) is 0 Å². The molecule has 0 atom stereocenters. The predicted octanol–water partition coefficient (Wildman–Crippen LogP) is 29.7. The summed E-state index contributed by atoms with van der Waals surface area (Å²) in [5.41, 5.74) is 18.3. The Labute approximate surface area is 734 Å². The maximum atomic E-state index is 9.94. The number of hydrogen-bond acceptors (Lipinski definition) is 4. The van der Waals surface area contributed by atoms with Gasteiger partial charge in [0.1, 0.15) is 0 Å². The summed E-state index contributed by atoms with van der Waals surface area (Å²) >= 11 is 17.4. The van der Waals surface area contributed by atoms with Crippen molar-refractivity contribution in [1.82, 2.24) is 0 Å². The highest BCUT2D eigenvalue weighted by atomic mass is 79.9. The molecule has 11 heteroatoms. The van der Waals surface area contributed by atoms with E-state index in [9.17, 15) is 10.0 Å².